The molecule has 1 N–H and O–H groups in total. The molecule has 2 aromatic carbocycles. The van der Waals surface area contributed by atoms with E-state index in [1.165, 1.54) is 0 Å². The second kappa shape index (κ2) is 6.51. The average Bonchev–Trinajstić information content (AvgIpc) is 2.48. The zero-order chi connectivity index (χ0) is 15.5. The number of nitrogens with one attached hydrogen (secondary N) is 1. The Morgan fingerprint density at radius 1 is 1.19 bits per heavy atom. The maximum absolute atomic E-state index is 9.14. The van der Waals surface area contributed by atoms with E-state index in [1.807, 2.05) is 56.3 Å². The van der Waals surface area contributed by atoms with Gasteiger partial charge >= 0.3 is 0 Å². The van der Waals surface area contributed by atoms with Gasteiger partial charge in [0.05, 0.1) is 11.5 Å². The summed E-state index contributed by atoms with van der Waals surface area (Å²) in [6.07, 6.45) is 0. The van der Waals surface area contributed by atoms with Gasteiger partial charge in [-0.25, -0.2) is 0 Å². The molecule has 2 rings (SSSR count). The average molecular weight is 364 g/mol. The Hall–Kier alpha value is -1.50. The maximum Gasteiger partial charge on any atom is 0.0766 e. The molecule has 0 aromatic heterocycles. The molecule has 0 fully saturated rings. The summed E-state index contributed by atoms with van der Waals surface area (Å²) in [6, 6.07) is 16.0. The first-order valence-corrected chi connectivity index (χ1v) is 7.79. The fourth-order valence-corrected chi connectivity index (χ4v) is 2.53. The number of halogens is 2. The van der Waals surface area contributed by atoms with E-state index in [2.05, 4.69) is 27.3 Å². The lowest BCUT2D eigenvalue weighted by atomic mass is 9.86. The van der Waals surface area contributed by atoms with Crippen LogP contribution in [0.15, 0.2) is 46.9 Å². The van der Waals surface area contributed by atoms with Crippen LogP contribution in [0.5, 0.6) is 0 Å². The lowest BCUT2D eigenvalue weighted by Crippen LogP contribution is -2.13. The second-order valence-electron chi connectivity index (χ2n) is 5.40. The summed E-state index contributed by atoms with van der Waals surface area (Å²) < 4.78 is 1.03. The van der Waals surface area contributed by atoms with Crippen molar-refractivity contribution in [2.75, 3.05) is 5.32 Å². The topological polar surface area (TPSA) is 35.8 Å². The maximum atomic E-state index is 9.14. The predicted molar refractivity (Wildman–Crippen MR) is 91.6 cm³/mol. The van der Waals surface area contributed by atoms with Crippen LogP contribution < -0.4 is 5.32 Å². The number of hydrogen-bond acceptors (Lipinski definition) is 2. The van der Waals surface area contributed by atoms with E-state index in [4.69, 9.17) is 16.9 Å². The first-order valence-electron chi connectivity index (χ1n) is 6.62. The lowest BCUT2D eigenvalue weighted by molar-refractivity contribution is 0.687. The third kappa shape index (κ3) is 4.00. The van der Waals surface area contributed by atoms with Gasteiger partial charge < -0.3 is 5.32 Å². The van der Waals surface area contributed by atoms with Crippen LogP contribution in [0.4, 0.5) is 5.69 Å². The van der Waals surface area contributed by atoms with Gasteiger partial charge in [-0.15, -0.1) is 0 Å². The Morgan fingerprint density at radius 2 is 1.86 bits per heavy atom. The highest BCUT2D eigenvalue weighted by molar-refractivity contribution is 9.10. The lowest BCUT2D eigenvalue weighted by Gasteiger charge is -2.16. The molecule has 0 saturated heterocycles. The highest BCUT2D eigenvalue weighted by Crippen LogP contribution is 2.25. The van der Waals surface area contributed by atoms with E-state index in [1.54, 1.807) is 0 Å². The first kappa shape index (κ1) is 15.9. The van der Waals surface area contributed by atoms with Crippen molar-refractivity contribution in [1.29, 1.82) is 5.26 Å². The minimum Gasteiger partial charge on any atom is -0.381 e. The number of rotatable bonds is 4. The Labute approximate surface area is 138 Å². The van der Waals surface area contributed by atoms with Crippen LogP contribution >= 0.6 is 27.5 Å². The van der Waals surface area contributed by atoms with Crippen molar-refractivity contribution in [3.8, 4) is 6.07 Å². The zero-order valence-electron chi connectivity index (χ0n) is 12.0. The van der Waals surface area contributed by atoms with Gasteiger partial charge in [0, 0.05) is 21.7 Å². The van der Waals surface area contributed by atoms with Gasteiger partial charge in [-0.05, 0) is 55.3 Å². The Morgan fingerprint density at radius 3 is 2.48 bits per heavy atom. The molecule has 21 heavy (non-hydrogen) atoms. The fourth-order valence-electron chi connectivity index (χ4n) is 1.95. The quantitative estimate of drug-likeness (QED) is 0.776. The molecule has 0 bridgehead atoms. The molecule has 0 amide bonds. The van der Waals surface area contributed by atoms with Crippen molar-refractivity contribution in [3.63, 3.8) is 0 Å². The fraction of sp³-hybridized carbons (Fsp3) is 0.235. The van der Waals surface area contributed by atoms with Gasteiger partial charge in [0.2, 0.25) is 0 Å². The van der Waals surface area contributed by atoms with E-state index in [9.17, 15) is 0 Å². The zero-order valence-corrected chi connectivity index (χ0v) is 14.3. The molecule has 0 heterocycles. The molecule has 0 unspecified atom stereocenters. The summed E-state index contributed by atoms with van der Waals surface area (Å²) in [6.45, 7) is 4.51. The predicted octanol–water partition coefficient (Wildman–Crippen LogP) is 5.52. The van der Waals surface area contributed by atoms with Crippen LogP contribution in [0.2, 0.25) is 5.02 Å². The molecule has 4 heteroatoms. The highest BCUT2D eigenvalue weighted by atomic mass is 79.9. The smallest absolute Gasteiger partial charge is 0.0766 e. The van der Waals surface area contributed by atoms with Crippen LogP contribution in [0.3, 0.4) is 0 Å². The number of benzene rings is 2. The van der Waals surface area contributed by atoms with Crippen molar-refractivity contribution in [2.45, 2.75) is 25.8 Å². The molecule has 0 aliphatic rings. The normalized spacial score (nSPS) is 11.0. The molecule has 2 aromatic rings. The SMILES string of the molecule is CC(C)(C#N)c1ccc(NCc2cc(Cl)ccc2Br)cc1. The van der Waals surface area contributed by atoms with Gasteiger partial charge in [-0.2, -0.15) is 5.26 Å². The molecule has 0 spiro atoms. The van der Waals surface area contributed by atoms with Gasteiger partial charge in [-0.1, -0.05) is 39.7 Å². The Kier molecular flexibility index (Phi) is 4.92. The molecule has 108 valence electrons. The summed E-state index contributed by atoms with van der Waals surface area (Å²) in [5, 5.41) is 13.2. The number of nitrogens with zero attached hydrogens (tertiary/aromatic N) is 1. The van der Waals surface area contributed by atoms with Crippen molar-refractivity contribution in [1.82, 2.24) is 0 Å². The van der Waals surface area contributed by atoms with Gasteiger partial charge in [0.25, 0.3) is 0 Å². The molecule has 2 nitrogen and oxygen atoms in total. The van der Waals surface area contributed by atoms with Crippen LogP contribution in [0.25, 0.3) is 0 Å². The van der Waals surface area contributed by atoms with Gasteiger partial charge in [0.1, 0.15) is 0 Å². The third-order valence-electron chi connectivity index (χ3n) is 3.38. The van der Waals surface area contributed by atoms with E-state index < -0.39 is 5.41 Å². The first-order chi connectivity index (χ1) is 9.92. The van der Waals surface area contributed by atoms with Crippen LogP contribution in [-0.4, -0.2) is 0 Å². The summed E-state index contributed by atoms with van der Waals surface area (Å²) in [4.78, 5) is 0. The number of anilines is 1. The second-order valence-corrected chi connectivity index (χ2v) is 6.69. The van der Waals surface area contributed by atoms with E-state index in [-0.39, 0.29) is 0 Å². The van der Waals surface area contributed by atoms with E-state index in [0.717, 1.165) is 26.3 Å². The third-order valence-corrected chi connectivity index (χ3v) is 4.39. The van der Waals surface area contributed by atoms with Crippen LogP contribution in [0.1, 0.15) is 25.0 Å². The largest absolute Gasteiger partial charge is 0.381 e. The van der Waals surface area contributed by atoms with Gasteiger partial charge in [-0.3, -0.25) is 0 Å². The Balaban J connectivity index is 2.08. The number of nitriles is 1. The van der Waals surface area contributed by atoms with E-state index >= 15 is 0 Å². The highest BCUT2D eigenvalue weighted by Gasteiger charge is 2.18. The van der Waals surface area contributed by atoms with Crippen molar-refractivity contribution >= 4 is 33.2 Å². The van der Waals surface area contributed by atoms with Crippen molar-refractivity contribution in [2.24, 2.45) is 0 Å². The van der Waals surface area contributed by atoms with Crippen molar-refractivity contribution < 1.29 is 0 Å². The van der Waals surface area contributed by atoms with Crippen LogP contribution in [-0.2, 0) is 12.0 Å². The monoisotopic (exact) mass is 362 g/mol. The molecule has 0 saturated carbocycles. The minimum absolute atomic E-state index is 0.464. The molecule has 0 radical (unpaired) electrons. The summed E-state index contributed by atoms with van der Waals surface area (Å²) in [5.74, 6) is 0. The molecule has 0 aliphatic heterocycles. The van der Waals surface area contributed by atoms with E-state index in [0.29, 0.717) is 6.54 Å². The Bertz CT molecular complexity index is 672. The molecular weight excluding hydrogens is 348 g/mol. The summed E-state index contributed by atoms with van der Waals surface area (Å²) >= 11 is 9.52. The van der Waals surface area contributed by atoms with Crippen molar-refractivity contribution in [3.05, 3.63) is 63.1 Å². The van der Waals surface area contributed by atoms with Crippen LogP contribution in [0, 0.1) is 11.3 Å². The standard InChI is InChI=1S/C17H16BrClN2/c1-17(2,11-20)13-3-6-15(7-4-13)21-10-12-9-14(19)5-8-16(12)18/h3-9,21H,10H2,1-2H3. The summed E-state index contributed by atoms with van der Waals surface area (Å²) in [7, 11) is 0. The molecule has 0 atom stereocenters. The minimum atomic E-state index is -0.464. The molecular formula is C17H16BrClN2. The number of hydrogen-bond donors (Lipinski definition) is 1. The van der Waals surface area contributed by atoms with Gasteiger partial charge in [0.15, 0.2) is 0 Å². The summed E-state index contributed by atoms with van der Waals surface area (Å²) in [5.41, 5.74) is 2.66. The molecule has 0 aliphatic carbocycles.